The number of carbonyl (C=O) groups excluding carboxylic acids is 1. The van der Waals surface area contributed by atoms with E-state index in [-0.39, 0.29) is 6.09 Å². The van der Waals surface area contributed by atoms with Crippen LogP contribution in [0.25, 0.3) is 0 Å². The molecule has 24 heavy (non-hydrogen) atoms. The Kier molecular flexibility index (Phi) is 8.19. The fourth-order valence-corrected chi connectivity index (χ4v) is 4.91. The average molecular weight is 368 g/mol. The maximum Gasteiger partial charge on any atom is 0.400 e. The van der Waals surface area contributed by atoms with Crippen LogP contribution in [0.2, 0.25) is 38.8 Å². The van der Waals surface area contributed by atoms with Gasteiger partial charge in [-0.1, -0.05) is 25.1 Å². The van der Waals surface area contributed by atoms with Crippen molar-refractivity contribution >= 4 is 28.4 Å². The molecule has 0 saturated heterocycles. The summed E-state index contributed by atoms with van der Waals surface area (Å²) in [5, 5.41) is 0. The second kappa shape index (κ2) is 9.39. The van der Waals surface area contributed by atoms with Gasteiger partial charge in [-0.3, -0.25) is 4.90 Å². The molecule has 4 nitrogen and oxygen atoms in total. The lowest BCUT2D eigenvalue weighted by Gasteiger charge is -2.28. The molecule has 1 amide bonds. The van der Waals surface area contributed by atoms with E-state index in [0.717, 1.165) is 31.2 Å². The molecule has 0 heterocycles. The van der Waals surface area contributed by atoms with Crippen LogP contribution < -0.4 is 4.90 Å². The van der Waals surface area contributed by atoms with Crippen LogP contribution >= 0.6 is 0 Å². The number of rotatable bonds is 9. The molecule has 0 bridgehead atoms. The van der Waals surface area contributed by atoms with Crippen LogP contribution in [0.4, 0.5) is 10.5 Å². The van der Waals surface area contributed by atoms with Crippen LogP contribution in [0.3, 0.4) is 0 Å². The predicted molar refractivity (Wildman–Crippen MR) is 107 cm³/mol. The Bertz CT molecular complexity index is 501. The number of nitrogens with zero attached hydrogens (tertiary/aromatic N) is 1. The summed E-state index contributed by atoms with van der Waals surface area (Å²) in [6.07, 6.45) is 1.75. The average Bonchev–Trinajstić information content (AvgIpc) is 2.48. The third-order valence-corrected chi connectivity index (χ3v) is 6.87. The largest absolute Gasteiger partial charge is 0.504 e. The summed E-state index contributed by atoms with van der Waals surface area (Å²) in [5.41, 5.74) is 0.898. The summed E-state index contributed by atoms with van der Waals surface area (Å²) in [4.78, 5) is 14.4. The SMILES string of the molecule is CCCO[Si](C)(C)CCCN(C(=O)O[Si](C)(C)C)c1ccccc1. The van der Waals surface area contributed by atoms with E-state index >= 15 is 0 Å². The molecular formula is C18H33NO3Si2. The third-order valence-electron chi connectivity index (χ3n) is 3.54. The molecule has 1 aromatic rings. The van der Waals surface area contributed by atoms with E-state index in [2.05, 4.69) is 20.0 Å². The van der Waals surface area contributed by atoms with Crippen molar-refractivity contribution in [3.05, 3.63) is 30.3 Å². The van der Waals surface area contributed by atoms with E-state index in [9.17, 15) is 4.79 Å². The number of hydrogen-bond acceptors (Lipinski definition) is 3. The smallest absolute Gasteiger partial charge is 0.400 e. The Morgan fingerprint density at radius 3 is 2.25 bits per heavy atom. The van der Waals surface area contributed by atoms with Gasteiger partial charge >= 0.3 is 6.09 Å². The summed E-state index contributed by atoms with van der Waals surface area (Å²) in [7, 11) is -3.56. The van der Waals surface area contributed by atoms with E-state index in [4.69, 9.17) is 8.85 Å². The van der Waals surface area contributed by atoms with Crippen LogP contribution in [0, 0.1) is 0 Å². The fraction of sp³-hybridized carbons (Fsp3) is 0.611. The van der Waals surface area contributed by atoms with Gasteiger partial charge in [0.1, 0.15) is 0 Å². The molecule has 0 aromatic heterocycles. The molecule has 0 unspecified atom stereocenters. The zero-order valence-electron chi connectivity index (χ0n) is 16.1. The molecule has 1 rings (SSSR count). The van der Waals surface area contributed by atoms with Gasteiger partial charge in [0, 0.05) is 18.8 Å². The Hall–Kier alpha value is -1.12. The molecule has 0 aliphatic rings. The molecule has 0 atom stereocenters. The molecule has 136 valence electrons. The van der Waals surface area contributed by atoms with E-state index in [1.165, 1.54) is 0 Å². The number of benzene rings is 1. The molecule has 0 spiro atoms. The number of carbonyl (C=O) groups is 1. The Balaban J connectivity index is 2.71. The predicted octanol–water partition coefficient (Wildman–Crippen LogP) is 5.49. The summed E-state index contributed by atoms with van der Waals surface area (Å²) in [6, 6.07) is 10.8. The summed E-state index contributed by atoms with van der Waals surface area (Å²) < 4.78 is 11.7. The van der Waals surface area contributed by atoms with Gasteiger partial charge in [0.2, 0.25) is 8.32 Å². The van der Waals surface area contributed by atoms with E-state index in [1.54, 1.807) is 4.90 Å². The highest BCUT2D eigenvalue weighted by molar-refractivity contribution is 6.71. The maximum absolute atomic E-state index is 12.6. The van der Waals surface area contributed by atoms with Gasteiger partial charge in [0.25, 0.3) is 0 Å². The second-order valence-electron chi connectivity index (χ2n) is 7.68. The molecule has 0 N–H and O–H groups in total. The van der Waals surface area contributed by atoms with Crippen molar-refractivity contribution in [2.24, 2.45) is 0 Å². The van der Waals surface area contributed by atoms with Crippen LogP contribution in [0.1, 0.15) is 19.8 Å². The van der Waals surface area contributed by atoms with Crippen molar-refractivity contribution in [1.29, 1.82) is 0 Å². The minimum Gasteiger partial charge on any atom is -0.504 e. The summed E-state index contributed by atoms with van der Waals surface area (Å²) in [6.45, 7) is 14.2. The van der Waals surface area contributed by atoms with Crippen molar-refractivity contribution in [3.8, 4) is 0 Å². The highest BCUT2D eigenvalue weighted by atomic mass is 28.4. The van der Waals surface area contributed by atoms with Gasteiger partial charge in [-0.15, -0.1) is 0 Å². The first-order valence-corrected chi connectivity index (χ1v) is 15.4. The second-order valence-corrected chi connectivity index (χ2v) is 16.4. The Morgan fingerprint density at radius 1 is 1.08 bits per heavy atom. The number of amides is 1. The van der Waals surface area contributed by atoms with Crippen molar-refractivity contribution in [1.82, 2.24) is 0 Å². The Morgan fingerprint density at radius 2 is 1.71 bits per heavy atom. The van der Waals surface area contributed by atoms with Gasteiger partial charge in [-0.05, 0) is 63.8 Å². The van der Waals surface area contributed by atoms with Crippen LogP contribution in [0.5, 0.6) is 0 Å². The first kappa shape index (κ1) is 20.9. The topological polar surface area (TPSA) is 38.8 Å². The first-order valence-electron chi connectivity index (χ1n) is 8.84. The standard InChI is InChI=1S/C18H33NO3Si2/c1-7-15-21-24(5,6)16-11-14-19(17-12-9-8-10-13-17)18(20)22-23(2,3)4/h8-10,12-13H,7,11,14-16H2,1-6H3. The summed E-state index contributed by atoms with van der Waals surface area (Å²) in [5.74, 6) is 0. The zero-order chi connectivity index (χ0) is 18.2. The lowest BCUT2D eigenvalue weighted by molar-refractivity contribution is 0.206. The fourth-order valence-electron chi connectivity index (χ4n) is 2.36. The zero-order valence-corrected chi connectivity index (χ0v) is 18.1. The van der Waals surface area contributed by atoms with Crippen molar-refractivity contribution in [2.75, 3.05) is 18.1 Å². The van der Waals surface area contributed by atoms with Gasteiger partial charge in [0.15, 0.2) is 8.32 Å². The monoisotopic (exact) mass is 367 g/mol. The molecule has 0 saturated carbocycles. The maximum atomic E-state index is 12.6. The third kappa shape index (κ3) is 8.12. The van der Waals surface area contributed by atoms with E-state index in [0.29, 0.717) is 6.54 Å². The molecule has 6 heteroatoms. The molecule has 1 aromatic carbocycles. The molecule has 0 fully saturated rings. The lowest BCUT2D eigenvalue weighted by atomic mass is 10.3. The minimum atomic E-state index is -1.92. The van der Waals surface area contributed by atoms with Gasteiger partial charge < -0.3 is 8.85 Å². The molecule has 0 radical (unpaired) electrons. The van der Waals surface area contributed by atoms with Crippen molar-refractivity contribution < 1.29 is 13.6 Å². The van der Waals surface area contributed by atoms with Crippen LogP contribution in [0.15, 0.2) is 30.3 Å². The quantitative estimate of drug-likeness (QED) is 0.542. The Labute approximate surface area is 149 Å². The van der Waals surface area contributed by atoms with Gasteiger partial charge in [-0.25, -0.2) is 4.79 Å². The normalized spacial score (nSPS) is 12.1. The van der Waals surface area contributed by atoms with Crippen molar-refractivity contribution in [2.45, 2.75) is 58.5 Å². The van der Waals surface area contributed by atoms with Crippen LogP contribution in [-0.2, 0) is 8.85 Å². The van der Waals surface area contributed by atoms with Crippen LogP contribution in [-0.4, -0.2) is 35.9 Å². The van der Waals surface area contributed by atoms with Crippen molar-refractivity contribution in [3.63, 3.8) is 0 Å². The van der Waals surface area contributed by atoms with E-state index < -0.39 is 16.6 Å². The molecule has 0 aliphatic heterocycles. The molecule has 0 aliphatic carbocycles. The number of hydrogen-bond donors (Lipinski definition) is 0. The number of para-hydroxylation sites is 1. The van der Waals surface area contributed by atoms with Gasteiger partial charge in [-0.2, -0.15) is 0 Å². The van der Waals surface area contributed by atoms with E-state index in [1.807, 2.05) is 50.0 Å². The lowest BCUT2D eigenvalue weighted by Crippen LogP contribution is -2.40. The van der Waals surface area contributed by atoms with Gasteiger partial charge in [0.05, 0.1) is 0 Å². The minimum absolute atomic E-state index is 0.227. The summed E-state index contributed by atoms with van der Waals surface area (Å²) >= 11 is 0. The highest BCUT2D eigenvalue weighted by Crippen LogP contribution is 2.20. The highest BCUT2D eigenvalue weighted by Gasteiger charge is 2.27. The first-order chi connectivity index (χ1) is 11.1. The molecular weight excluding hydrogens is 334 g/mol. The number of anilines is 1.